The van der Waals surface area contributed by atoms with Gasteiger partial charge in [-0.25, -0.2) is 14.4 Å². The fraction of sp³-hybridized carbons (Fsp3) is 0.706. The number of rotatable bonds is 4. The number of aromatic nitrogens is 2. The summed E-state index contributed by atoms with van der Waals surface area (Å²) < 4.78 is 18.5. The van der Waals surface area contributed by atoms with Gasteiger partial charge in [-0.15, -0.1) is 0 Å². The maximum atomic E-state index is 13.1. The van der Waals surface area contributed by atoms with Crippen LogP contribution in [0.4, 0.5) is 10.3 Å². The molecule has 0 N–H and O–H groups in total. The smallest absolute Gasteiger partial charge is 0.225 e. The van der Waals surface area contributed by atoms with Gasteiger partial charge in [-0.05, 0) is 12.8 Å². The predicted octanol–water partition coefficient (Wildman–Crippen LogP) is 0.518. The summed E-state index contributed by atoms with van der Waals surface area (Å²) in [6, 6.07) is 0.434. The molecule has 25 heavy (non-hydrogen) atoms. The molecule has 1 aromatic heterocycles. The van der Waals surface area contributed by atoms with E-state index in [4.69, 9.17) is 4.74 Å². The van der Waals surface area contributed by atoms with Crippen LogP contribution in [0.5, 0.6) is 0 Å². The Hall–Kier alpha value is -1.80. The second kappa shape index (κ2) is 7.21. The van der Waals surface area contributed by atoms with Crippen LogP contribution in [0, 0.1) is 5.82 Å². The van der Waals surface area contributed by atoms with E-state index in [1.165, 1.54) is 12.4 Å². The van der Waals surface area contributed by atoms with E-state index < -0.39 is 5.82 Å². The molecule has 2 atom stereocenters. The molecular formula is C17H24FN5O2. The van der Waals surface area contributed by atoms with E-state index in [0.717, 1.165) is 58.8 Å². The molecule has 1 aromatic rings. The Labute approximate surface area is 146 Å². The summed E-state index contributed by atoms with van der Waals surface area (Å²) in [5.74, 6) is 0.387. The fourth-order valence-electron chi connectivity index (χ4n) is 4.22. The molecule has 8 heteroatoms. The van der Waals surface area contributed by atoms with Gasteiger partial charge in [0.1, 0.15) is 0 Å². The van der Waals surface area contributed by atoms with Crippen LogP contribution in [-0.4, -0.2) is 83.7 Å². The Bertz CT molecular complexity index is 608. The van der Waals surface area contributed by atoms with Crippen molar-refractivity contribution >= 4 is 11.9 Å². The minimum Gasteiger partial charge on any atom is -0.379 e. The van der Waals surface area contributed by atoms with Crippen molar-refractivity contribution in [3.8, 4) is 0 Å². The average Bonchev–Trinajstić information content (AvgIpc) is 3.06. The molecule has 0 unspecified atom stereocenters. The summed E-state index contributed by atoms with van der Waals surface area (Å²) in [7, 11) is 0. The molecule has 7 nitrogen and oxygen atoms in total. The molecule has 3 fully saturated rings. The van der Waals surface area contributed by atoms with E-state index in [0.29, 0.717) is 12.4 Å². The SMILES string of the molecule is O=C1CC[C@H]2[C@H](CCN2c2ncc(F)cn2)N1CCN1CCOCC1. The summed E-state index contributed by atoms with van der Waals surface area (Å²) in [5.41, 5.74) is 0. The number of piperidine rings is 1. The van der Waals surface area contributed by atoms with E-state index in [9.17, 15) is 9.18 Å². The Morgan fingerprint density at radius 2 is 1.84 bits per heavy atom. The largest absolute Gasteiger partial charge is 0.379 e. The zero-order valence-electron chi connectivity index (χ0n) is 14.3. The summed E-state index contributed by atoms with van der Waals surface area (Å²) >= 11 is 0. The lowest BCUT2D eigenvalue weighted by atomic mass is 9.96. The second-order valence-corrected chi connectivity index (χ2v) is 6.90. The maximum Gasteiger partial charge on any atom is 0.225 e. The number of ether oxygens (including phenoxy) is 1. The Kier molecular flexibility index (Phi) is 4.80. The molecule has 1 amide bonds. The van der Waals surface area contributed by atoms with Crippen molar-refractivity contribution in [1.29, 1.82) is 0 Å². The molecule has 0 radical (unpaired) electrons. The molecule has 3 saturated heterocycles. The first-order valence-electron chi connectivity index (χ1n) is 9.06. The highest BCUT2D eigenvalue weighted by Gasteiger charge is 2.43. The van der Waals surface area contributed by atoms with Crippen LogP contribution in [0.15, 0.2) is 12.4 Å². The number of fused-ring (bicyclic) bond motifs is 1. The third-order valence-corrected chi connectivity index (χ3v) is 5.51. The van der Waals surface area contributed by atoms with Gasteiger partial charge in [-0.2, -0.15) is 0 Å². The summed E-state index contributed by atoms with van der Waals surface area (Å²) in [6.45, 7) is 5.88. The first kappa shape index (κ1) is 16.7. The van der Waals surface area contributed by atoms with Gasteiger partial charge < -0.3 is 14.5 Å². The minimum atomic E-state index is -0.426. The van der Waals surface area contributed by atoms with Crippen LogP contribution in [0.2, 0.25) is 0 Å². The fourth-order valence-corrected chi connectivity index (χ4v) is 4.22. The lowest BCUT2D eigenvalue weighted by Gasteiger charge is -2.40. The van der Waals surface area contributed by atoms with Crippen LogP contribution in [-0.2, 0) is 9.53 Å². The summed E-state index contributed by atoms with van der Waals surface area (Å²) in [5, 5.41) is 0. The minimum absolute atomic E-state index is 0.205. The van der Waals surface area contributed by atoms with E-state index in [2.05, 4.69) is 19.8 Å². The highest BCUT2D eigenvalue weighted by molar-refractivity contribution is 5.78. The van der Waals surface area contributed by atoms with Crippen molar-refractivity contribution in [3.05, 3.63) is 18.2 Å². The van der Waals surface area contributed by atoms with Crippen molar-refractivity contribution in [2.75, 3.05) is 50.8 Å². The van der Waals surface area contributed by atoms with E-state index in [1.807, 2.05) is 4.90 Å². The zero-order chi connectivity index (χ0) is 17.2. The molecule has 0 saturated carbocycles. The van der Waals surface area contributed by atoms with Crippen LogP contribution in [0.25, 0.3) is 0 Å². The lowest BCUT2D eigenvalue weighted by molar-refractivity contribution is -0.136. The molecule has 3 aliphatic heterocycles. The van der Waals surface area contributed by atoms with Gasteiger partial charge in [-0.3, -0.25) is 9.69 Å². The number of carbonyl (C=O) groups is 1. The molecule has 0 aliphatic carbocycles. The topological polar surface area (TPSA) is 61.8 Å². The quantitative estimate of drug-likeness (QED) is 0.790. The highest BCUT2D eigenvalue weighted by atomic mass is 19.1. The van der Waals surface area contributed by atoms with Crippen molar-refractivity contribution in [3.63, 3.8) is 0 Å². The van der Waals surface area contributed by atoms with Gasteiger partial charge in [0.2, 0.25) is 11.9 Å². The Balaban J connectivity index is 1.42. The maximum absolute atomic E-state index is 13.1. The van der Waals surface area contributed by atoms with Gasteiger partial charge in [-0.1, -0.05) is 0 Å². The Morgan fingerprint density at radius 1 is 1.08 bits per heavy atom. The second-order valence-electron chi connectivity index (χ2n) is 6.90. The first-order chi connectivity index (χ1) is 12.2. The third kappa shape index (κ3) is 3.46. The zero-order valence-corrected chi connectivity index (χ0v) is 14.3. The van der Waals surface area contributed by atoms with Crippen molar-refractivity contribution in [2.24, 2.45) is 0 Å². The van der Waals surface area contributed by atoms with Gasteiger partial charge in [0.25, 0.3) is 0 Å². The molecule has 4 heterocycles. The highest BCUT2D eigenvalue weighted by Crippen LogP contribution is 2.33. The monoisotopic (exact) mass is 349 g/mol. The number of nitrogens with zero attached hydrogens (tertiary/aromatic N) is 5. The summed E-state index contributed by atoms with van der Waals surface area (Å²) in [6.07, 6.45) is 4.71. The van der Waals surface area contributed by atoms with Crippen LogP contribution < -0.4 is 4.90 Å². The molecule has 3 aliphatic rings. The number of hydrogen-bond donors (Lipinski definition) is 0. The number of morpholine rings is 1. The first-order valence-corrected chi connectivity index (χ1v) is 9.06. The van der Waals surface area contributed by atoms with E-state index >= 15 is 0 Å². The number of likely N-dealkylation sites (tertiary alicyclic amines) is 1. The number of anilines is 1. The molecular weight excluding hydrogens is 325 g/mol. The molecule has 0 spiro atoms. The molecule has 136 valence electrons. The van der Waals surface area contributed by atoms with Crippen molar-refractivity contribution in [2.45, 2.75) is 31.3 Å². The number of hydrogen-bond acceptors (Lipinski definition) is 6. The van der Waals surface area contributed by atoms with Crippen LogP contribution in [0.3, 0.4) is 0 Å². The third-order valence-electron chi connectivity index (χ3n) is 5.51. The Morgan fingerprint density at radius 3 is 2.60 bits per heavy atom. The van der Waals surface area contributed by atoms with Crippen molar-refractivity contribution in [1.82, 2.24) is 19.8 Å². The predicted molar refractivity (Wildman–Crippen MR) is 89.7 cm³/mol. The van der Waals surface area contributed by atoms with Gasteiger partial charge in [0.15, 0.2) is 5.82 Å². The number of carbonyl (C=O) groups excluding carboxylic acids is 1. The molecule has 4 rings (SSSR count). The lowest BCUT2D eigenvalue weighted by Crippen LogP contribution is -2.54. The molecule has 0 bridgehead atoms. The van der Waals surface area contributed by atoms with Crippen molar-refractivity contribution < 1.29 is 13.9 Å². The number of amides is 1. The van der Waals surface area contributed by atoms with E-state index in [1.54, 1.807) is 0 Å². The molecule has 0 aromatic carbocycles. The van der Waals surface area contributed by atoms with Gasteiger partial charge in [0, 0.05) is 39.1 Å². The van der Waals surface area contributed by atoms with Crippen LogP contribution >= 0.6 is 0 Å². The average molecular weight is 349 g/mol. The standard InChI is InChI=1S/C17H24FN5O2/c18-13-11-19-17(20-12-13)23-4-3-15-14(23)1-2-16(24)22(15)6-5-21-7-9-25-10-8-21/h11-12,14-15H,1-10H2/t14-,15-/m0/s1. The summed E-state index contributed by atoms with van der Waals surface area (Å²) in [4.78, 5) is 27.3. The van der Waals surface area contributed by atoms with E-state index in [-0.39, 0.29) is 18.0 Å². The van der Waals surface area contributed by atoms with Gasteiger partial charge in [0.05, 0.1) is 37.7 Å². The normalized spacial score (nSPS) is 27.6. The van der Waals surface area contributed by atoms with Crippen LogP contribution in [0.1, 0.15) is 19.3 Å². The van der Waals surface area contributed by atoms with Gasteiger partial charge >= 0.3 is 0 Å². The number of halogens is 1.